The molecule has 1 atom stereocenters. The zero-order valence-corrected chi connectivity index (χ0v) is 13.7. The van der Waals surface area contributed by atoms with Crippen molar-refractivity contribution in [2.75, 3.05) is 33.9 Å². The Kier molecular flexibility index (Phi) is 5.35. The molecule has 1 aromatic carbocycles. The Balaban J connectivity index is 2.06. The number of nitrogens with zero attached hydrogens (tertiary/aromatic N) is 3. The highest BCUT2D eigenvalue weighted by atomic mass is 16.9. The van der Waals surface area contributed by atoms with Gasteiger partial charge in [0, 0.05) is 6.04 Å². The minimum Gasteiger partial charge on any atom is -0.492 e. The van der Waals surface area contributed by atoms with E-state index in [1.807, 2.05) is 25.9 Å². The molecule has 1 aliphatic heterocycles. The van der Waals surface area contributed by atoms with Crippen molar-refractivity contribution in [2.45, 2.75) is 13.0 Å². The first-order valence-corrected chi connectivity index (χ1v) is 7.38. The highest BCUT2D eigenvalue weighted by Crippen LogP contribution is 2.26. The number of hydrogen-bond donors (Lipinski definition) is 0. The molecule has 9 nitrogen and oxygen atoms in total. The fraction of sp³-hybridized carbons (Fsp3) is 0.467. The van der Waals surface area contributed by atoms with Crippen LogP contribution in [0.4, 0.5) is 0 Å². The number of fused-ring (bicyclic) bond motifs is 1. The lowest BCUT2D eigenvalue weighted by Gasteiger charge is -2.20. The monoisotopic (exact) mass is 337 g/mol. The molecular weight excluding hydrogens is 318 g/mol. The van der Waals surface area contributed by atoms with Crippen molar-refractivity contribution in [3.8, 4) is 5.75 Å². The second kappa shape index (κ2) is 7.26. The third-order valence-corrected chi connectivity index (χ3v) is 3.83. The van der Waals surface area contributed by atoms with Crippen LogP contribution in [0.15, 0.2) is 18.2 Å². The minimum atomic E-state index is -0.962. The molecule has 0 aromatic heterocycles. The Hall–Kier alpha value is -2.68. The van der Waals surface area contributed by atoms with E-state index in [4.69, 9.17) is 4.74 Å². The Morgan fingerprint density at radius 3 is 2.54 bits per heavy atom. The average Bonchev–Trinajstić information content (AvgIpc) is 2.76. The molecular formula is C15H19N3O6. The van der Waals surface area contributed by atoms with Crippen molar-refractivity contribution >= 4 is 11.8 Å². The molecule has 0 saturated carbocycles. The molecule has 1 aliphatic rings. The van der Waals surface area contributed by atoms with Gasteiger partial charge >= 0.3 is 0 Å². The van der Waals surface area contributed by atoms with Gasteiger partial charge in [-0.1, -0.05) is 0 Å². The van der Waals surface area contributed by atoms with Gasteiger partial charge in [0.25, 0.3) is 16.9 Å². The average molecular weight is 337 g/mol. The quantitative estimate of drug-likeness (QED) is 0.393. The number of rotatable bonds is 8. The molecule has 1 aromatic rings. The van der Waals surface area contributed by atoms with Gasteiger partial charge in [0.15, 0.2) is 0 Å². The number of hydrogen-bond acceptors (Lipinski definition) is 7. The highest BCUT2D eigenvalue weighted by Gasteiger charge is 2.35. The molecule has 1 heterocycles. The van der Waals surface area contributed by atoms with Gasteiger partial charge < -0.3 is 14.5 Å². The third-order valence-electron chi connectivity index (χ3n) is 3.83. The highest BCUT2D eigenvalue weighted by molar-refractivity contribution is 6.21. The maximum Gasteiger partial charge on any atom is 0.294 e. The smallest absolute Gasteiger partial charge is 0.294 e. The van der Waals surface area contributed by atoms with E-state index in [0.717, 1.165) is 4.90 Å². The summed E-state index contributed by atoms with van der Waals surface area (Å²) in [5.41, 5.74) is 0.491. The van der Waals surface area contributed by atoms with Crippen LogP contribution >= 0.6 is 0 Å². The SMILES string of the molecule is CC(COc1ccc2c(c1)C(=O)N(CCO[N+](=O)[O-])C2=O)N(C)C. The maximum atomic E-state index is 12.3. The van der Waals surface area contributed by atoms with Gasteiger partial charge in [-0.05, 0) is 39.2 Å². The van der Waals surface area contributed by atoms with Crippen molar-refractivity contribution < 1.29 is 24.3 Å². The maximum absolute atomic E-state index is 12.3. The molecule has 0 N–H and O–H groups in total. The van der Waals surface area contributed by atoms with Gasteiger partial charge in [-0.2, -0.15) is 0 Å². The van der Waals surface area contributed by atoms with E-state index in [1.165, 1.54) is 12.1 Å². The van der Waals surface area contributed by atoms with Gasteiger partial charge in [0.1, 0.15) is 19.0 Å². The molecule has 2 amide bonds. The zero-order valence-electron chi connectivity index (χ0n) is 13.7. The van der Waals surface area contributed by atoms with Crippen molar-refractivity contribution in [2.24, 2.45) is 0 Å². The van der Waals surface area contributed by atoms with E-state index in [9.17, 15) is 19.7 Å². The number of carbonyl (C=O) groups is 2. The number of benzene rings is 1. The van der Waals surface area contributed by atoms with E-state index < -0.39 is 16.9 Å². The predicted octanol–water partition coefficient (Wildman–Crippen LogP) is 0.820. The summed E-state index contributed by atoms with van der Waals surface area (Å²) in [5.74, 6) is -0.504. The van der Waals surface area contributed by atoms with E-state index in [1.54, 1.807) is 6.07 Å². The van der Waals surface area contributed by atoms with Crippen molar-refractivity contribution in [1.29, 1.82) is 0 Å². The summed E-state index contributed by atoms with van der Waals surface area (Å²) in [4.78, 5) is 41.7. The first-order valence-electron chi connectivity index (χ1n) is 7.38. The number of amides is 2. The second-order valence-corrected chi connectivity index (χ2v) is 5.65. The Morgan fingerprint density at radius 2 is 1.92 bits per heavy atom. The lowest BCUT2D eigenvalue weighted by atomic mass is 10.1. The summed E-state index contributed by atoms with van der Waals surface area (Å²) in [6, 6.07) is 4.86. The van der Waals surface area contributed by atoms with Crippen LogP contribution in [0.3, 0.4) is 0 Å². The molecule has 0 radical (unpaired) electrons. The van der Waals surface area contributed by atoms with Crippen molar-refractivity contribution in [3.05, 3.63) is 39.4 Å². The van der Waals surface area contributed by atoms with E-state index >= 15 is 0 Å². The lowest BCUT2D eigenvalue weighted by molar-refractivity contribution is -0.757. The summed E-state index contributed by atoms with van der Waals surface area (Å²) in [7, 11) is 3.87. The van der Waals surface area contributed by atoms with Gasteiger partial charge in [-0.3, -0.25) is 14.5 Å². The van der Waals surface area contributed by atoms with Crippen LogP contribution < -0.4 is 4.74 Å². The fourth-order valence-electron chi connectivity index (χ4n) is 2.14. The Bertz CT molecular complexity index is 661. The standard InChI is InChI=1S/C15H19N3O6/c1-10(16(2)3)9-23-11-4-5-12-13(8-11)15(20)17(14(12)19)6-7-24-18(21)22/h4-5,8,10H,6-7,9H2,1-3H3. The largest absolute Gasteiger partial charge is 0.492 e. The summed E-state index contributed by atoms with van der Waals surface area (Å²) in [5, 5.41) is 9.19. The topological polar surface area (TPSA) is 102 Å². The first kappa shape index (κ1) is 17.7. The lowest BCUT2D eigenvalue weighted by Crippen LogP contribution is -2.33. The molecule has 2 rings (SSSR count). The third kappa shape index (κ3) is 3.80. The summed E-state index contributed by atoms with van der Waals surface area (Å²) < 4.78 is 5.65. The van der Waals surface area contributed by atoms with Crippen LogP contribution in [-0.2, 0) is 4.84 Å². The van der Waals surface area contributed by atoms with Crippen LogP contribution in [0, 0.1) is 10.1 Å². The van der Waals surface area contributed by atoms with E-state index in [-0.39, 0.29) is 30.3 Å². The van der Waals surface area contributed by atoms with Gasteiger partial charge in [-0.25, -0.2) is 0 Å². The van der Waals surface area contributed by atoms with Gasteiger partial charge in [0.2, 0.25) is 0 Å². The summed E-state index contributed by atoms with van der Waals surface area (Å²) in [6.07, 6.45) is 0. The molecule has 1 unspecified atom stereocenters. The van der Waals surface area contributed by atoms with Crippen LogP contribution in [0.1, 0.15) is 27.6 Å². The molecule has 0 bridgehead atoms. The molecule has 9 heteroatoms. The molecule has 130 valence electrons. The first-order chi connectivity index (χ1) is 11.3. The van der Waals surface area contributed by atoms with Crippen molar-refractivity contribution in [3.63, 3.8) is 0 Å². The van der Waals surface area contributed by atoms with Gasteiger partial charge in [-0.15, -0.1) is 10.1 Å². The molecule has 0 spiro atoms. The van der Waals surface area contributed by atoms with Crippen LogP contribution in [0.2, 0.25) is 0 Å². The summed E-state index contributed by atoms with van der Waals surface area (Å²) in [6.45, 7) is 1.90. The molecule has 0 fully saturated rings. The van der Waals surface area contributed by atoms with E-state index in [0.29, 0.717) is 12.4 Å². The summed E-state index contributed by atoms with van der Waals surface area (Å²) >= 11 is 0. The number of likely N-dealkylation sites (N-methyl/N-ethyl adjacent to an activating group) is 1. The van der Waals surface area contributed by atoms with E-state index in [2.05, 4.69) is 4.84 Å². The van der Waals surface area contributed by atoms with Crippen molar-refractivity contribution in [1.82, 2.24) is 9.80 Å². The molecule has 0 saturated heterocycles. The molecule has 0 aliphatic carbocycles. The zero-order chi connectivity index (χ0) is 17.9. The number of carbonyl (C=O) groups excluding carboxylic acids is 2. The molecule has 24 heavy (non-hydrogen) atoms. The van der Waals surface area contributed by atoms with Crippen LogP contribution in [0.25, 0.3) is 0 Å². The Labute approximate surface area is 138 Å². The minimum absolute atomic E-state index is 0.179. The normalized spacial score (nSPS) is 14.8. The van der Waals surface area contributed by atoms with Gasteiger partial charge in [0.05, 0.1) is 17.7 Å². The van der Waals surface area contributed by atoms with Crippen LogP contribution in [-0.4, -0.2) is 66.6 Å². The fourth-order valence-corrected chi connectivity index (χ4v) is 2.14. The number of ether oxygens (including phenoxy) is 1. The predicted molar refractivity (Wildman–Crippen MR) is 83.4 cm³/mol. The Morgan fingerprint density at radius 1 is 1.25 bits per heavy atom. The second-order valence-electron chi connectivity index (χ2n) is 5.65. The number of imide groups is 1. The van der Waals surface area contributed by atoms with Crippen LogP contribution in [0.5, 0.6) is 5.75 Å².